The van der Waals surface area contributed by atoms with Crippen molar-refractivity contribution in [2.45, 2.75) is 6.61 Å². The average Bonchev–Trinajstić information content (AvgIpc) is 2.07. The predicted octanol–water partition coefficient (Wildman–Crippen LogP) is 1.20. The van der Waals surface area contributed by atoms with Crippen LogP contribution in [0.2, 0.25) is 0 Å². The molecule has 1 rings (SSSR count). The van der Waals surface area contributed by atoms with Crippen LogP contribution in [0.3, 0.4) is 0 Å². The molecule has 60 valence electrons. The molecule has 0 bridgehead atoms. The fraction of sp³-hybridized carbons (Fsp3) is 0.375. The molecule has 0 saturated carbocycles. The molecule has 1 aromatic rings. The monoisotopic (exact) mass is 153 g/mol. The zero-order valence-corrected chi connectivity index (χ0v) is 6.49. The first-order chi connectivity index (χ1) is 5.43. The van der Waals surface area contributed by atoms with E-state index in [-0.39, 0.29) is 0 Å². The molecule has 1 heterocycles. The molecule has 0 saturated heterocycles. The van der Waals surface area contributed by atoms with E-state index in [9.17, 15) is 0 Å². The fourth-order valence-corrected chi connectivity index (χ4v) is 0.713. The Morgan fingerprint density at radius 1 is 1.45 bits per heavy atom. The maximum atomic E-state index is 5.08. The smallest absolute Gasteiger partial charge is 0.146 e. The highest BCUT2D eigenvalue weighted by molar-refractivity contribution is 5.01. The van der Waals surface area contributed by atoms with E-state index in [1.807, 2.05) is 18.2 Å². The van der Waals surface area contributed by atoms with Gasteiger partial charge in [-0.25, -0.2) is 0 Å². The van der Waals surface area contributed by atoms with Crippen LogP contribution in [0.25, 0.3) is 0 Å². The Labute approximate surface area is 66.0 Å². The number of hydrogen-bond donors (Lipinski definition) is 0. The summed E-state index contributed by atoms with van der Waals surface area (Å²) in [5, 5.41) is 0. The van der Waals surface area contributed by atoms with Gasteiger partial charge in [0.25, 0.3) is 0 Å². The maximum absolute atomic E-state index is 5.08. The summed E-state index contributed by atoms with van der Waals surface area (Å²) in [7, 11) is 1.60. The second-order valence-corrected chi connectivity index (χ2v) is 2.08. The first-order valence-electron chi connectivity index (χ1n) is 3.40. The maximum Gasteiger partial charge on any atom is 0.146 e. The van der Waals surface area contributed by atoms with E-state index >= 15 is 0 Å². The van der Waals surface area contributed by atoms with E-state index in [2.05, 4.69) is 4.98 Å². The minimum absolute atomic E-state index is 0.316. The zero-order valence-electron chi connectivity index (χ0n) is 6.49. The molecule has 0 fully saturated rings. The summed E-state index contributed by atoms with van der Waals surface area (Å²) in [4.78, 5) is 4.07. The summed E-state index contributed by atoms with van der Waals surface area (Å²) in [5.41, 5.74) is 0.921. The predicted molar refractivity (Wildman–Crippen MR) is 40.9 cm³/mol. The summed E-state index contributed by atoms with van der Waals surface area (Å²) in [6.07, 6.45) is 1.74. The van der Waals surface area contributed by atoms with Crippen molar-refractivity contribution in [3.05, 3.63) is 30.1 Å². The molecular weight excluding hydrogens is 142 g/mol. The molecular formula is C8H11NO2. The second-order valence-electron chi connectivity index (χ2n) is 2.08. The van der Waals surface area contributed by atoms with Crippen LogP contribution in [-0.4, -0.2) is 18.9 Å². The van der Waals surface area contributed by atoms with E-state index in [4.69, 9.17) is 9.47 Å². The SMILES string of the molecule is COCOCc1ccccn1. The molecule has 3 nitrogen and oxygen atoms in total. The molecule has 0 aromatic carbocycles. The van der Waals surface area contributed by atoms with Gasteiger partial charge in [-0.1, -0.05) is 6.07 Å². The Balaban J connectivity index is 2.28. The Hall–Kier alpha value is -0.930. The van der Waals surface area contributed by atoms with Gasteiger partial charge in [-0.3, -0.25) is 4.98 Å². The minimum Gasteiger partial charge on any atom is -0.359 e. The third-order valence-corrected chi connectivity index (χ3v) is 1.18. The largest absolute Gasteiger partial charge is 0.359 e. The molecule has 1 aromatic heterocycles. The fourth-order valence-electron chi connectivity index (χ4n) is 0.713. The van der Waals surface area contributed by atoms with Crippen LogP contribution in [0, 0.1) is 0 Å². The molecule has 0 aliphatic heterocycles. The van der Waals surface area contributed by atoms with E-state index in [0.29, 0.717) is 13.4 Å². The van der Waals surface area contributed by atoms with Gasteiger partial charge in [0.1, 0.15) is 6.79 Å². The number of hydrogen-bond acceptors (Lipinski definition) is 3. The van der Waals surface area contributed by atoms with Crippen LogP contribution in [0.1, 0.15) is 5.69 Å². The van der Waals surface area contributed by atoms with Crippen molar-refractivity contribution in [2.75, 3.05) is 13.9 Å². The Morgan fingerprint density at radius 3 is 3.00 bits per heavy atom. The van der Waals surface area contributed by atoms with E-state index in [1.54, 1.807) is 13.3 Å². The summed E-state index contributed by atoms with van der Waals surface area (Å²) in [6.45, 7) is 0.825. The lowest BCUT2D eigenvalue weighted by Crippen LogP contribution is -1.98. The van der Waals surface area contributed by atoms with Crippen LogP contribution < -0.4 is 0 Å². The molecule has 0 amide bonds. The number of pyridine rings is 1. The molecule has 0 unspecified atom stereocenters. The Kier molecular flexibility index (Phi) is 3.58. The molecule has 0 radical (unpaired) electrons. The molecule has 11 heavy (non-hydrogen) atoms. The lowest BCUT2D eigenvalue weighted by Gasteiger charge is -2.00. The molecule has 0 aliphatic carbocycles. The lowest BCUT2D eigenvalue weighted by molar-refractivity contribution is -0.0400. The van der Waals surface area contributed by atoms with Crippen molar-refractivity contribution >= 4 is 0 Å². The number of ether oxygens (including phenoxy) is 2. The minimum atomic E-state index is 0.316. The highest BCUT2D eigenvalue weighted by Crippen LogP contribution is 1.94. The Bertz CT molecular complexity index is 189. The summed E-state index contributed by atoms with van der Waals surface area (Å²) in [6, 6.07) is 5.72. The van der Waals surface area contributed by atoms with E-state index in [1.165, 1.54) is 0 Å². The molecule has 0 spiro atoms. The number of nitrogens with zero attached hydrogens (tertiary/aromatic N) is 1. The van der Waals surface area contributed by atoms with Gasteiger partial charge in [-0.15, -0.1) is 0 Å². The quantitative estimate of drug-likeness (QED) is 0.481. The molecule has 0 aliphatic rings. The van der Waals surface area contributed by atoms with Crippen molar-refractivity contribution < 1.29 is 9.47 Å². The lowest BCUT2D eigenvalue weighted by atomic mass is 10.4. The van der Waals surface area contributed by atoms with Crippen LogP contribution in [-0.2, 0) is 16.1 Å². The first kappa shape index (κ1) is 8.17. The summed E-state index contributed by atoms with van der Waals surface area (Å²) in [5.74, 6) is 0. The first-order valence-corrected chi connectivity index (χ1v) is 3.40. The topological polar surface area (TPSA) is 31.4 Å². The van der Waals surface area contributed by atoms with Crippen LogP contribution in [0.4, 0.5) is 0 Å². The normalized spacial score (nSPS) is 9.91. The highest BCUT2D eigenvalue weighted by Gasteiger charge is 1.90. The van der Waals surface area contributed by atoms with Gasteiger partial charge in [0.05, 0.1) is 12.3 Å². The third kappa shape index (κ3) is 3.11. The summed E-state index contributed by atoms with van der Waals surface area (Å²) < 4.78 is 9.80. The standard InChI is InChI=1S/C8H11NO2/c1-10-7-11-6-8-4-2-3-5-9-8/h2-5H,6-7H2,1H3. The van der Waals surface area contributed by atoms with Crippen LogP contribution >= 0.6 is 0 Å². The van der Waals surface area contributed by atoms with Crippen molar-refractivity contribution in [2.24, 2.45) is 0 Å². The zero-order chi connectivity index (χ0) is 7.94. The van der Waals surface area contributed by atoms with Gasteiger partial charge in [0.15, 0.2) is 0 Å². The second kappa shape index (κ2) is 4.82. The number of methoxy groups -OCH3 is 1. The summed E-state index contributed by atoms with van der Waals surface area (Å²) >= 11 is 0. The molecule has 0 atom stereocenters. The van der Waals surface area contributed by atoms with Gasteiger partial charge in [0, 0.05) is 13.3 Å². The van der Waals surface area contributed by atoms with Gasteiger partial charge in [-0.2, -0.15) is 0 Å². The van der Waals surface area contributed by atoms with Crippen molar-refractivity contribution in [3.63, 3.8) is 0 Å². The highest BCUT2D eigenvalue weighted by atomic mass is 16.7. The number of rotatable bonds is 4. The van der Waals surface area contributed by atoms with E-state index < -0.39 is 0 Å². The van der Waals surface area contributed by atoms with Gasteiger partial charge in [0.2, 0.25) is 0 Å². The van der Waals surface area contributed by atoms with Crippen LogP contribution in [0.15, 0.2) is 24.4 Å². The van der Waals surface area contributed by atoms with Crippen molar-refractivity contribution in [3.8, 4) is 0 Å². The Morgan fingerprint density at radius 2 is 2.36 bits per heavy atom. The van der Waals surface area contributed by atoms with Crippen molar-refractivity contribution in [1.29, 1.82) is 0 Å². The molecule has 0 N–H and O–H groups in total. The van der Waals surface area contributed by atoms with Crippen LogP contribution in [0.5, 0.6) is 0 Å². The average molecular weight is 153 g/mol. The van der Waals surface area contributed by atoms with Gasteiger partial charge < -0.3 is 9.47 Å². The third-order valence-electron chi connectivity index (χ3n) is 1.18. The number of aromatic nitrogens is 1. The molecule has 3 heteroatoms. The van der Waals surface area contributed by atoms with Crippen molar-refractivity contribution in [1.82, 2.24) is 4.98 Å². The van der Waals surface area contributed by atoms with Gasteiger partial charge >= 0.3 is 0 Å². The van der Waals surface area contributed by atoms with E-state index in [0.717, 1.165) is 5.69 Å². The van der Waals surface area contributed by atoms with Gasteiger partial charge in [-0.05, 0) is 12.1 Å².